The summed E-state index contributed by atoms with van der Waals surface area (Å²) in [6.45, 7) is 0. The van der Waals surface area contributed by atoms with Gasteiger partial charge in [0.05, 0.1) is 4.47 Å². The van der Waals surface area contributed by atoms with Gasteiger partial charge in [-0.25, -0.2) is 13.2 Å². The van der Waals surface area contributed by atoms with E-state index >= 15 is 0 Å². The molecule has 0 bridgehead atoms. The number of ether oxygens (including phenoxy) is 1. The fraction of sp³-hybridized carbons (Fsp3) is 0. The van der Waals surface area contributed by atoms with Crippen molar-refractivity contribution in [1.82, 2.24) is 0 Å². The van der Waals surface area contributed by atoms with Gasteiger partial charge < -0.3 is 10.5 Å². The second-order valence-electron chi connectivity index (χ2n) is 3.81. The summed E-state index contributed by atoms with van der Waals surface area (Å²) in [5.74, 6) is -2.77. The van der Waals surface area contributed by atoms with Gasteiger partial charge in [-0.15, -0.1) is 0 Å². The molecule has 7 heteroatoms. The zero-order valence-corrected chi connectivity index (χ0v) is 12.2. The number of halogens is 4. The first kappa shape index (κ1) is 14.8. The van der Waals surface area contributed by atoms with Gasteiger partial charge in [-0.3, -0.25) is 0 Å². The van der Waals surface area contributed by atoms with Crippen LogP contribution in [0.5, 0.6) is 11.5 Å². The van der Waals surface area contributed by atoms with E-state index in [-0.39, 0.29) is 21.0 Å². The van der Waals surface area contributed by atoms with Crippen LogP contribution in [0, 0.1) is 17.5 Å². The topological polar surface area (TPSA) is 35.2 Å². The molecule has 0 radical (unpaired) electrons. The lowest BCUT2D eigenvalue weighted by Gasteiger charge is -2.10. The molecule has 0 heterocycles. The summed E-state index contributed by atoms with van der Waals surface area (Å²) in [6, 6.07) is 5.29. The maximum absolute atomic E-state index is 14.0. The average molecular weight is 362 g/mol. The lowest BCUT2D eigenvalue weighted by molar-refractivity contribution is 0.432. The molecule has 0 aliphatic heterocycles. The van der Waals surface area contributed by atoms with Gasteiger partial charge in [0.1, 0.15) is 22.4 Å². The molecule has 2 nitrogen and oxygen atoms in total. The number of hydrogen-bond donors (Lipinski definition) is 1. The monoisotopic (exact) mass is 361 g/mol. The smallest absolute Gasteiger partial charge is 0.180 e. The fourth-order valence-corrected chi connectivity index (χ4v) is 2.36. The number of rotatable bonds is 3. The molecule has 0 aromatic heterocycles. The lowest BCUT2D eigenvalue weighted by atomic mass is 10.2. The van der Waals surface area contributed by atoms with Crippen LogP contribution in [-0.4, -0.2) is 4.99 Å². The molecule has 0 amide bonds. The van der Waals surface area contributed by atoms with Crippen molar-refractivity contribution in [2.24, 2.45) is 5.73 Å². The highest BCUT2D eigenvalue weighted by molar-refractivity contribution is 9.10. The van der Waals surface area contributed by atoms with Crippen molar-refractivity contribution in [3.05, 3.63) is 57.8 Å². The van der Waals surface area contributed by atoms with Gasteiger partial charge in [-0.2, -0.15) is 0 Å². The highest BCUT2D eigenvalue weighted by Gasteiger charge is 2.15. The molecule has 0 saturated carbocycles. The van der Waals surface area contributed by atoms with Crippen LogP contribution < -0.4 is 10.5 Å². The summed E-state index contributed by atoms with van der Waals surface area (Å²) in [6.07, 6.45) is 0. The van der Waals surface area contributed by atoms with E-state index in [1.807, 2.05) is 0 Å². The molecule has 0 unspecified atom stereocenters. The van der Waals surface area contributed by atoms with Crippen molar-refractivity contribution in [3.8, 4) is 11.5 Å². The van der Waals surface area contributed by atoms with Gasteiger partial charge in [0, 0.05) is 23.8 Å². The molecule has 0 spiro atoms. The van der Waals surface area contributed by atoms with Crippen LogP contribution in [0.3, 0.4) is 0 Å². The Labute approximate surface area is 126 Å². The Hall–Kier alpha value is -1.60. The summed E-state index contributed by atoms with van der Waals surface area (Å²) < 4.78 is 45.2. The first-order valence-electron chi connectivity index (χ1n) is 5.30. The van der Waals surface area contributed by atoms with E-state index < -0.39 is 17.5 Å². The second kappa shape index (κ2) is 5.80. The fourth-order valence-electron chi connectivity index (χ4n) is 1.52. The van der Waals surface area contributed by atoms with E-state index in [1.54, 1.807) is 0 Å². The Balaban J connectivity index is 2.39. The zero-order chi connectivity index (χ0) is 14.9. The largest absolute Gasteiger partial charge is 0.454 e. The minimum absolute atomic E-state index is 0.0131. The predicted octanol–water partition coefficient (Wildman–Crippen LogP) is 4.29. The van der Waals surface area contributed by atoms with E-state index in [9.17, 15) is 13.2 Å². The van der Waals surface area contributed by atoms with Gasteiger partial charge in [0.25, 0.3) is 0 Å². The van der Waals surface area contributed by atoms with E-state index in [1.165, 1.54) is 12.1 Å². The molecule has 0 aliphatic carbocycles. The highest BCUT2D eigenvalue weighted by atomic mass is 79.9. The molecular weight excluding hydrogens is 355 g/mol. The van der Waals surface area contributed by atoms with Crippen LogP contribution in [0.2, 0.25) is 0 Å². The van der Waals surface area contributed by atoms with Gasteiger partial charge in [0.15, 0.2) is 11.6 Å². The minimum Gasteiger partial charge on any atom is -0.454 e. The Morgan fingerprint density at radius 1 is 1.10 bits per heavy atom. The first-order valence-corrected chi connectivity index (χ1v) is 6.50. The quantitative estimate of drug-likeness (QED) is 0.828. The van der Waals surface area contributed by atoms with Crippen LogP contribution in [0.1, 0.15) is 5.56 Å². The number of nitrogens with two attached hydrogens (primary N) is 1. The molecule has 0 atom stereocenters. The van der Waals surface area contributed by atoms with Gasteiger partial charge >= 0.3 is 0 Å². The SMILES string of the molecule is NC(=S)c1ccc(Oc2cc(F)cc(F)c2)c(F)c1Br. The Kier molecular flexibility index (Phi) is 4.29. The molecule has 0 saturated heterocycles. The molecule has 2 aromatic carbocycles. The standard InChI is InChI=1S/C13H7BrF3NOS/c14-11-9(13(18)20)1-2-10(12(11)17)19-8-4-6(15)3-7(16)5-8/h1-5H,(H2,18,20). The minimum atomic E-state index is -0.820. The third kappa shape index (κ3) is 3.10. The van der Waals surface area contributed by atoms with E-state index in [0.717, 1.165) is 12.1 Å². The van der Waals surface area contributed by atoms with Crippen molar-refractivity contribution >= 4 is 33.1 Å². The molecular formula is C13H7BrF3NOS. The van der Waals surface area contributed by atoms with Crippen LogP contribution >= 0.6 is 28.1 Å². The third-order valence-electron chi connectivity index (χ3n) is 2.38. The number of hydrogen-bond acceptors (Lipinski definition) is 2. The van der Waals surface area contributed by atoms with Gasteiger partial charge in [-0.1, -0.05) is 12.2 Å². The molecule has 0 fully saturated rings. The van der Waals surface area contributed by atoms with Crippen molar-refractivity contribution in [3.63, 3.8) is 0 Å². The van der Waals surface area contributed by atoms with Crippen LogP contribution in [0.4, 0.5) is 13.2 Å². The molecule has 20 heavy (non-hydrogen) atoms. The van der Waals surface area contributed by atoms with Crippen LogP contribution in [-0.2, 0) is 0 Å². The zero-order valence-electron chi connectivity index (χ0n) is 9.79. The lowest BCUT2D eigenvalue weighted by Crippen LogP contribution is -2.11. The second-order valence-corrected chi connectivity index (χ2v) is 5.04. The molecule has 2 rings (SSSR count). The van der Waals surface area contributed by atoms with Gasteiger partial charge in [-0.05, 0) is 28.1 Å². The Bertz CT molecular complexity index is 673. The Morgan fingerprint density at radius 2 is 1.70 bits per heavy atom. The number of thiocarbonyl (C=S) groups is 1. The summed E-state index contributed by atoms with van der Waals surface area (Å²) in [5.41, 5.74) is 5.72. The molecule has 104 valence electrons. The van der Waals surface area contributed by atoms with Crippen molar-refractivity contribution in [1.29, 1.82) is 0 Å². The van der Waals surface area contributed by atoms with Crippen molar-refractivity contribution < 1.29 is 17.9 Å². The highest BCUT2D eigenvalue weighted by Crippen LogP contribution is 2.32. The Morgan fingerprint density at radius 3 is 2.25 bits per heavy atom. The summed E-state index contributed by atoms with van der Waals surface area (Å²) in [7, 11) is 0. The molecule has 0 aliphatic rings. The average Bonchev–Trinajstić information content (AvgIpc) is 2.33. The van der Waals surface area contributed by atoms with E-state index in [2.05, 4.69) is 15.9 Å². The predicted molar refractivity (Wildman–Crippen MR) is 76.4 cm³/mol. The summed E-state index contributed by atoms with van der Waals surface area (Å²) >= 11 is 7.76. The summed E-state index contributed by atoms with van der Waals surface area (Å²) in [4.78, 5) is 0.0131. The van der Waals surface area contributed by atoms with E-state index in [0.29, 0.717) is 11.6 Å². The van der Waals surface area contributed by atoms with Gasteiger partial charge in [0.2, 0.25) is 0 Å². The maximum atomic E-state index is 14.0. The maximum Gasteiger partial charge on any atom is 0.180 e. The number of benzene rings is 2. The summed E-state index contributed by atoms with van der Waals surface area (Å²) in [5, 5.41) is 0. The van der Waals surface area contributed by atoms with Crippen LogP contribution in [0.15, 0.2) is 34.8 Å². The molecule has 2 aromatic rings. The van der Waals surface area contributed by atoms with Crippen molar-refractivity contribution in [2.75, 3.05) is 0 Å². The normalized spacial score (nSPS) is 10.4. The van der Waals surface area contributed by atoms with E-state index in [4.69, 9.17) is 22.7 Å². The third-order valence-corrected chi connectivity index (χ3v) is 3.37. The van der Waals surface area contributed by atoms with Crippen molar-refractivity contribution in [2.45, 2.75) is 0 Å². The van der Waals surface area contributed by atoms with Crippen LogP contribution in [0.25, 0.3) is 0 Å². The first-order chi connectivity index (χ1) is 9.38. The molecule has 2 N–H and O–H groups in total.